The van der Waals surface area contributed by atoms with Crippen molar-refractivity contribution in [1.29, 1.82) is 0 Å². The van der Waals surface area contributed by atoms with Crippen molar-refractivity contribution in [1.82, 2.24) is 5.32 Å². The van der Waals surface area contributed by atoms with Gasteiger partial charge in [-0.2, -0.15) is 0 Å². The van der Waals surface area contributed by atoms with Crippen molar-refractivity contribution in [3.8, 4) is 28.4 Å². The molecule has 0 unspecified atom stereocenters. The predicted octanol–water partition coefficient (Wildman–Crippen LogP) is 3.23. The molecule has 25 heavy (non-hydrogen) atoms. The second kappa shape index (κ2) is 5.14. The van der Waals surface area contributed by atoms with Crippen LogP contribution in [0.25, 0.3) is 21.9 Å². The zero-order valence-corrected chi connectivity index (χ0v) is 13.3. The van der Waals surface area contributed by atoms with Gasteiger partial charge in [0.25, 0.3) is 5.91 Å². The Labute approximate surface area is 143 Å². The van der Waals surface area contributed by atoms with E-state index in [4.69, 9.17) is 9.47 Å². The topological polar surface area (TPSA) is 67.8 Å². The summed E-state index contributed by atoms with van der Waals surface area (Å²) in [5, 5.41) is 14.4. The number of fused-ring (bicyclic) bond motifs is 4. The Kier molecular flexibility index (Phi) is 2.91. The van der Waals surface area contributed by atoms with Crippen molar-refractivity contribution in [3.63, 3.8) is 0 Å². The lowest BCUT2D eigenvalue weighted by Gasteiger charge is -2.22. The SMILES string of the molecule is O=C1NCCc2c1cc1ccc3c(c1c2-c1ccc(O)cc1)OCO3. The summed E-state index contributed by atoms with van der Waals surface area (Å²) in [5.41, 5.74) is 3.62. The van der Waals surface area contributed by atoms with Crippen molar-refractivity contribution in [2.45, 2.75) is 6.42 Å². The molecule has 0 atom stereocenters. The van der Waals surface area contributed by atoms with Gasteiger partial charge >= 0.3 is 0 Å². The van der Waals surface area contributed by atoms with Crippen LogP contribution in [0.3, 0.4) is 0 Å². The fourth-order valence-electron chi connectivity index (χ4n) is 3.70. The molecule has 5 nitrogen and oxygen atoms in total. The highest BCUT2D eigenvalue weighted by Gasteiger charge is 2.27. The molecule has 0 saturated carbocycles. The number of ether oxygens (including phenoxy) is 2. The molecule has 0 bridgehead atoms. The molecule has 0 saturated heterocycles. The van der Waals surface area contributed by atoms with Gasteiger partial charge in [0.1, 0.15) is 5.75 Å². The van der Waals surface area contributed by atoms with Gasteiger partial charge in [-0.15, -0.1) is 0 Å². The van der Waals surface area contributed by atoms with Gasteiger partial charge in [-0.25, -0.2) is 0 Å². The van der Waals surface area contributed by atoms with Crippen LogP contribution in [-0.4, -0.2) is 24.4 Å². The molecule has 124 valence electrons. The highest BCUT2D eigenvalue weighted by molar-refractivity contribution is 6.10. The third-order valence-corrected chi connectivity index (χ3v) is 4.81. The summed E-state index contributed by atoms with van der Waals surface area (Å²) < 4.78 is 11.3. The van der Waals surface area contributed by atoms with Gasteiger partial charge in [0.2, 0.25) is 6.79 Å². The number of phenols is 1. The normalized spacial score (nSPS) is 15.1. The summed E-state index contributed by atoms with van der Waals surface area (Å²) in [6.07, 6.45) is 0.748. The molecule has 0 aliphatic carbocycles. The van der Waals surface area contributed by atoms with E-state index in [1.165, 1.54) is 0 Å². The summed E-state index contributed by atoms with van der Waals surface area (Å²) in [5.74, 6) is 1.59. The summed E-state index contributed by atoms with van der Waals surface area (Å²) >= 11 is 0. The Morgan fingerprint density at radius 1 is 1.04 bits per heavy atom. The van der Waals surface area contributed by atoms with E-state index >= 15 is 0 Å². The highest BCUT2D eigenvalue weighted by Crippen LogP contribution is 2.46. The van der Waals surface area contributed by atoms with Gasteiger partial charge in [-0.1, -0.05) is 18.2 Å². The number of benzene rings is 3. The van der Waals surface area contributed by atoms with Gasteiger partial charge < -0.3 is 19.9 Å². The Balaban J connectivity index is 1.93. The number of hydrogen-bond acceptors (Lipinski definition) is 4. The molecule has 0 radical (unpaired) electrons. The Morgan fingerprint density at radius 2 is 1.88 bits per heavy atom. The molecular weight excluding hydrogens is 318 g/mol. The number of amides is 1. The number of phenolic OH excluding ortho intramolecular Hbond substituents is 1. The average Bonchev–Trinajstić information content (AvgIpc) is 3.10. The number of carbonyl (C=O) groups excluding carboxylic acids is 1. The smallest absolute Gasteiger partial charge is 0.251 e. The average molecular weight is 333 g/mol. The molecular formula is C20H15NO4. The van der Waals surface area contributed by atoms with Crippen LogP contribution >= 0.6 is 0 Å². The first-order valence-corrected chi connectivity index (χ1v) is 8.18. The minimum atomic E-state index is -0.0548. The summed E-state index contributed by atoms with van der Waals surface area (Å²) in [6.45, 7) is 0.801. The van der Waals surface area contributed by atoms with Crippen molar-refractivity contribution in [2.24, 2.45) is 0 Å². The van der Waals surface area contributed by atoms with Crippen molar-refractivity contribution >= 4 is 16.7 Å². The lowest BCUT2D eigenvalue weighted by molar-refractivity contribution is 0.0946. The number of hydrogen-bond donors (Lipinski definition) is 2. The quantitative estimate of drug-likeness (QED) is 0.717. The fourth-order valence-corrected chi connectivity index (χ4v) is 3.70. The summed E-state index contributed by atoms with van der Waals surface area (Å²) in [4.78, 5) is 12.4. The molecule has 0 aromatic heterocycles. The van der Waals surface area contributed by atoms with Gasteiger partial charge in [0.05, 0.1) is 0 Å². The largest absolute Gasteiger partial charge is 0.508 e. The lowest BCUT2D eigenvalue weighted by atomic mass is 9.86. The number of rotatable bonds is 1. The summed E-state index contributed by atoms with van der Waals surface area (Å²) in [7, 11) is 0. The van der Waals surface area contributed by atoms with E-state index < -0.39 is 0 Å². The van der Waals surface area contributed by atoms with Gasteiger partial charge in [-0.05, 0) is 52.8 Å². The van der Waals surface area contributed by atoms with Crippen LogP contribution in [0.15, 0.2) is 42.5 Å². The van der Waals surface area contributed by atoms with Crippen LogP contribution in [0.2, 0.25) is 0 Å². The molecule has 2 heterocycles. The number of aromatic hydroxyl groups is 1. The molecule has 2 aliphatic heterocycles. The molecule has 0 spiro atoms. The molecule has 2 N–H and O–H groups in total. The molecule has 5 rings (SSSR count). The van der Waals surface area contributed by atoms with E-state index in [0.29, 0.717) is 23.6 Å². The lowest BCUT2D eigenvalue weighted by Crippen LogP contribution is -2.32. The standard InChI is InChI=1S/C20H15NO4/c22-13-4-1-11(2-5-13)17-14-7-8-21-20(23)15(14)9-12-3-6-16-19(18(12)17)25-10-24-16/h1-6,9,22H,7-8,10H2,(H,21,23). The molecule has 3 aromatic rings. The fraction of sp³-hybridized carbons (Fsp3) is 0.150. The minimum absolute atomic E-state index is 0.0548. The van der Waals surface area contributed by atoms with Crippen molar-refractivity contribution < 1.29 is 19.4 Å². The molecule has 0 fully saturated rings. The second-order valence-corrected chi connectivity index (χ2v) is 6.23. The first-order chi connectivity index (χ1) is 12.2. The monoisotopic (exact) mass is 333 g/mol. The van der Waals surface area contributed by atoms with Crippen LogP contribution in [0, 0.1) is 0 Å². The van der Waals surface area contributed by atoms with Crippen LogP contribution < -0.4 is 14.8 Å². The van der Waals surface area contributed by atoms with E-state index in [0.717, 1.165) is 33.9 Å². The second-order valence-electron chi connectivity index (χ2n) is 6.23. The van der Waals surface area contributed by atoms with Gasteiger partial charge in [0, 0.05) is 17.5 Å². The zero-order chi connectivity index (χ0) is 17.0. The minimum Gasteiger partial charge on any atom is -0.508 e. The van der Waals surface area contributed by atoms with Crippen molar-refractivity contribution in [3.05, 3.63) is 53.6 Å². The van der Waals surface area contributed by atoms with E-state index in [2.05, 4.69) is 5.32 Å². The third-order valence-electron chi connectivity index (χ3n) is 4.81. The molecule has 5 heteroatoms. The number of nitrogens with one attached hydrogen (secondary N) is 1. The molecule has 3 aromatic carbocycles. The van der Waals surface area contributed by atoms with Crippen LogP contribution in [-0.2, 0) is 6.42 Å². The van der Waals surface area contributed by atoms with Crippen molar-refractivity contribution in [2.75, 3.05) is 13.3 Å². The Hall–Kier alpha value is -3.21. The van der Waals surface area contributed by atoms with Gasteiger partial charge in [-0.3, -0.25) is 4.79 Å². The Bertz CT molecular complexity index is 1020. The third kappa shape index (κ3) is 2.05. The highest BCUT2D eigenvalue weighted by atomic mass is 16.7. The maximum absolute atomic E-state index is 12.4. The number of carbonyl (C=O) groups is 1. The van der Waals surface area contributed by atoms with E-state index in [1.807, 2.05) is 30.3 Å². The Morgan fingerprint density at radius 3 is 2.72 bits per heavy atom. The van der Waals surface area contributed by atoms with Gasteiger partial charge in [0.15, 0.2) is 11.5 Å². The molecule has 1 amide bonds. The first-order valence-electron chi connectivity index (χ1n) is 8.18. The first kappa shape index (κ1) is 14.2. The predicted molar refractivity (Wildman–Crippen MR) is 93.2 cm³/mol. The maximum Gasteiger partial charge on any atom is 0.251 e. The zero-order valence-electron chi connectivity index (χ0n) is 13.3. The van der Waals surface area contributed by atoms with E-state index in [-0.39, 0.29) is 18.4 Å². The van der Waals surface area contributed by atoms with Crippen LogP contribution in [0.1, 0.15) is 15.9 Å². The maximum atomic E-state index is 12.4. The van der Waals surface area contributed by atoms with Crippen LogP contribution in [0.4, 0.5) is 0 Å². The molecule has 2 aliphatic rings. The van der Waals surface area contributed by atoms with Crippen LogP contribution in [0.5, 0.6) is 17.2 Å². The van der Waals surface area contributed by atoms with E-state index in [9.17, 15) is 9.90 Å². The van der Waals surface area contributed by atoms with E-state index in [1.54, 1.807) is 12.1 Å². The summed E-state index contributed by atoms with van der Waals surface area (Å²) in [6, 6.07) is 12.8.